The third-order valence-corrected chi connectivity index (χ3v) is 4.48. The highest BCUT2D eigenvalue weighted by molar-refractivity contribution is 6.31. The average molecular weight is 292 g/mol. The van der Waals surface area contributed by atoms with Crippen LogP contribution >= 0.6 is 11.6 Å². The van der Waals surface area contributed by atoms with E-state index < -0.39 is 5.54 Å². The van der Waals surface area contributed by atoms with Crippen molar-refractivity contribution in [3.63, 3.8) is 0 Å². The molecule has 20 heavy (non-hydrogen) atoms. The zero-order valence-corrected chi connectivity index (χ0v) is 12.0. The summed E-state index contributed by atoms with van der Waals surface area (Å²) in [7, 11) is 0. The van der Waals surface area contributed by atoms with Gasteiger partial charge in [-0.2, -0.15) is 0 Å². The van der Waals surface area contributed by atoms with E-state index in [1.54, 1.807) is 18.2 Å². The van der Waals surface area contributed by atoms with Crippen molar-refractivity contribution in [1.29, 1.82) is 5.41 Å². The zero-order chi connectivity index (χ0) is 14.2. The van der Waals surface area contributed by atoms with E-state index in [1.165, 1.54) is 17.7 Å². The lowest BCUT2D eigenvalue weighted by atomic mass is 9.90. The maximum atomic E-state index is 12.3. The lowest BCUT2D eigenvalue weighted by Crippen LogP contribution is -2.46. The van der Waals surface area contributed by atoms with Crippen LogP contribution in [0, 0.1) is 5.41 Å². The molecular weight excluding hydrogens is 274 g/mol. The summed E-state index contributed by atoms with van der Waals surface area (Å²) < 4.78 is 0. The Kier molecular flexibility index (Phi) is 3.42. The Balaban J connectivity index is 1.94. The molecule has 0 atom stereocenters. The first-order valence-corrected chi connectivity index (χ1v) is 7.47. The van der Waals surface area contributed by atoms with Gasteiger partial charge in [0, 0.05) is 5.02 Å². The predicted octanol–water partition coefficient (Wildman–Crippen LogP) is 3.94. The van der Waals surface area contributed by atoms with Crippen LogP contribution in [0.15, 0.2) is 24.3 Å². The number of nitrogens with one attached hydrogen (secondary N) is 2. The van der Waals surface area contributed by atoms with Gasteiger partial charge < -0.3 is 5.32 Å². The maximum Gasteiger partial charge on any atom is 0.328 e. The third kappa shape index (κ3) is 2.18. The van der Waals surface area contributed by atoms with E-state index in [4.69, 9.17) is 17.0 Å². The number of hydrogen-bond acceptors (Lipinski definition) is 2. The minimum absolute atomic E-state index is 0.209. The first kappa shape index (κ1) is 13.4. The lowest BCUT2D eigenvalue weighted by Gasteiger charge is -2.27. The highest BCUT2D eigenvalue weighted by atomic mass is 35.5. The molecule has 0 bridgehead atoms. The minimum atomic E-state index is -0.476. The Labute approximate surface area is 123 Å². The van der Waals surface area contributed by atoms with Crippen molar-refractivity contribution in [3.05, 3.63) is 29.3 Å². The predicted molar refractivity (Wildman–Crippen MR) is 80.6 cm³/mol. The molecule has 0 unspecified atom stereocenters. The van der Waals surface area contributed by atoms with E-state index in [9.17, 15) is 4.79 Å². The summed E-state index contributed by atoms with van der Waals surface area (Å²) in [6, 6.07) is 6.90. The summed E-state index contributed by atoms with van der Waals surface area (Å²) in [6.45, 7) is 0. The molecule has 1 aliphatic carbocycles. The SMILES string of the molecule is N=C1N(c2cccc(Cl)c2)C(=O)NC12CCCCCC2. The lowest BCUT2D eigenvalue weighted by molar-refractivity contribution is 0.245. The van der Waals surface area contributed by atoms with E-state index in [-0.39, 0.29) is 6.03 Å². The smallest absolute Gasteiger partial charge is 0.325 e. The number of carbonyl (C=O) groups is 1. The van der Waals surface area contributed by atoms with Crippen LogP contribution in [-0.2, 0) is 0 Å². The molecule has 3 rings (SSSR count). The van der Waals surface area contributed by atoms with Crippen LogP contribution in [-0.4, -0.2) is 17.4 Å². The van der Waals surface area contributed by atoms with E-state index in [1.807, 2.05) is 6.07 Å². The molecule has 0 radical (unpaired) electrons. The summed E-state index contributed by atoms with van der Waals surface area (Å²) in [5, 5.41) is 12.1. The van der Waals surface area contributed by atoms with Gasteiger partial charge in [-0.1, -0.05) is 43.4 Å². The van der Waals surface area contributed by atoms with Gasteiger partial charge in [0.25, 0.3) is 0 Å². The Morgan fingerprint density at radius 3 is 2.55 bits per heavy atom. The van der Waals surface area contributed by atoms with Crippen molar-refractivity contribution in [2.24, 2.45) is 0 Å². The summed E-state index contributed by atoms with van der Waals surface area (Å²) in [5.41, 5.74) is 0.191. The standard InChI is InChI=1S/C15H18ClN3O/c16-11-6-5-7-12(10-11)19-13(17)15(18-14(19)20)8-3-1-2-4-9-15/h5-7,10,17H,1-4,8-9H2,(H,18,20). The van der Waals surface area contributed by atoms with Crippen molar-refractivity contribution in [3.8, 4) is 0 Å². The van der Waals surface area contributed by atoms with Crippen molar-refractivity contribution in [1.82, 2.24) is 5.32 Å². The van der Waals surface area contributed by atoms with Crippen LogP contribution in [0.5, 0.6) is 0 Å². The monoisotopic (exact) mass is 291 g/mol. The van der Waals surface area contributed by atoms with Gasteiger partial charge in [0.15, 0.2) is 0 Å². The number of hydrogen-bond donors (Lipinski definition) is 2. The number of anilines is 1. The Bertz CT molecular complexity index is 550. The summed E-state index contributed by atoms with van der Waals surface area (Å²) in [6.07, 6.45) is 6.20. The molecule has 1 aromatic rings. The van der Waals surface area contributed by atoms with Gasteiger partial charge in [-0.3, -0.25) is 5.41 Å². The van der Waals surface area contributed by atoms with E-state index in [0.29, 0.717) is 16.5 Å². The molecule has 2 N–H and O–H groups in total. The molecule has 1 aromatic carbocycles. The molecule has 1 spiro atoms. The first-order valence-electron chi connectivity index (χ1n) is 7.09. The molecular formula is C15H18ClN3O. The van der Waals surface area contributed by atoms with E-state index in [0.717, 1.165) is 25.7 Å². The molecule has 0 aromatic heterocycles. The number of amides is 2. The van der Waals surface area contributed by atoms with E-state index >= 15 is 0 Å². The second-order valence-corrected chi connectivity index (χ2v) is 6.03. The number of urea groups is 1. The molecule has 1 aliphatic heterocycles. The van der Waals surface area contributed by atoms with Crippen molar-refractivity contribution >= 4 is 29.2 Å². The Morgan fingerprint density at radius 2 is 1.90 bits per heavy atom. The first-order chi connectivity index (χ1) is 9.62. The second kappa shape index (κ2) is 5.09. The molecule has 1 saturated carbocycles. The van der Waals surface area contributed by atoms with Crippen LogP contribution in [0.1, 0.15) is 38.5 Å². The van der Waals surface area contributed by atoms with Crippen LogP contribution < -0.4 is 10.2 Å². The number of nitrogens with zero attached hydrogens (tertiary/aromatic N) is 1. The number of carbonyl (C=O) groups excluding carboxylic acids is 1. The summed E-state index contributed by atoms with van der Waals surface area (Å²) in [5.74, 6) is 0.367. The van der Waals surface area contributed by atoms with Crippen LogP contribution in [0.2, 0.25) is 5.02 Å². The molecule has 106 valence electrons. The summed E-state index contributed by atoms with van der Waals surface area (Å²) >= 11 is 5.99. The van der Waals surface area contributed by atoms with E-state index in [2.05, 4.69) is 5.32 Å². The fourth-order valence-electron chi connectivity index (χ4n) is 3.19. The third-order valence-electron chi connectivity index (χ3n) is 4.25. The van der Waals surface area contributed by atoms with Gasteiger partial charge in [-0.05, 0) is 31.0 Å². The topological polar surface area (TPSA) is 56.2 Å². The van der Waals surface area contributed by atoms with Crippen LogP contribution in [0.25, 0.3) is 0 Å². The molecule has 4 nitrogen and oxygen atoms in total. The molecule has 5 heteroatoms. The summed E-state index contributed by atoms with van der Waals surface area (Å²) in [4.78, 5) is 13.8. The minimum Gasteiger partial charge on any atom is -0.325 e. The van der Waals surface area contributed by atoms with Gasteiger partial charge in [0.1, 0.15) is 5.84 Å². The molecule has 2 aliphatic rings. The van der Waals surface area contributed by atoms with Gasteiger partial charge >= 0.3 is 6.03 Å². The van der Waals surface area contributed by atoms with Crippen LogP contribution in [0.4, 0.5) is 10.5 Å². The second-order valence-electron chi connectivity index (χ2n) is 5.59. The van der Waals surface area contributed by atoms with Crippen molar-refractivity contribution < 1.29 is 4.79 Å². The fourth-order valence-corrected chi connectivity index (χ4v) is 3.38. The zero-order valence-electron chi connectivity index (χ0n) is 11.3. The Morgan fingerprint density at radius 1 is 1.20 bits per heavy atom. The Hall–Kier alpha value is -1.55. The van der Waals surface area contributed by atoms with Gasteiger partial charge in [0.05, 0.1) is 11.2 Å². The highest BCUT2D eigenvalue weighted by Crippen LogP contribution is 2.35. The van der Waals surface area contributed by atoms with Crippen LogP contribution in [0.3, 0.4) is 0 Å². The number of benzene rings is 1. The quantitative estimate of drug-likeness (QED) is 0.809. The van der Waals surface area contributed by atoms with Crippen molar-refractivity contribution in [2.75, 3.05) is 4.90 Å². The maximum absolute atomic E-state index is 12.3. The largest absolute Gasteiger partial charge is 0.328 e. The number of halogens is 1. The highest BCUT2D eigenvalue weighted by Gasteiger charge is 2.48. The number of amidine groups is 1. The molecule has 2 fully saturated rings. The molecule has 2 amide bonds. The number of rotatable bonds is 1. The normalized spacial score (nSPS) is 21.9. The average Bonchev–Trinajstić information content (AvgIpc) is 2.58. The van der Waals surface area contributed by atoms with Gasteiger partial charge in [-0.15, -0.1) is 0 Å². The molecule has 1 saturated heterocycles. The molecule has 1 heterocycles. The van der Waals surface area contributed by atoms with Gasteiger partial charge in [-0.25, -0.2) is 9.69 Å². The fraction of sp³-hybridized carbons (Fsp3) is 0.467. The van der Waals surface area contributed by atoms with Gasteiger partial charge in [0.2, 0.25) is 0 Å². The van der Waals surface area contributed by atoms with Crippen molar-refractivity contribution in [2.45, 2.75) is 44.1 Å².